The molecule has 0 radical (unpaired) electrons. The van der Waals surface area contributed by atoms with Crippen molar-refractivity contribution in [1.82, 2.24) is 0 Å². The van der Waals surface area contributed by atoms with Gasteiger partial charge in [0.1, 0.15) is 12.4 Å². The molecule has 0 aromatic heterocycles. The maximum absolute atomic E-state index is 5.89. The van der Waals surface area contributed by atoms with Crippen molar-refractivity contribution in [1.29, 1.82) is 0 Å². The first-order chi connectivity index (χ1) is 9.13. The van der Waals surface area contributed by atoms with E-state index >= 15 is 0 Å². The number of rotatable bonds is 9. The van der Waals surface area contributed by atoms with Crippen molar-refractivity contribution in [2.24, 2.45) is 0 Å². The van der Waals surface area contributed by atoms with Gasteiger partial charge in [0, 0.05) is 6.07 Å². The second kappa shape index (κ2) is 9.43. The maximum atomic E-state index is 5.89. The summed E-state index contributed by atoms with van der Waals surface area (Å²) in [5.74, 6) is 0.712. The summed E-state index contributed by atoms with van der Waals surface area (Å²) in [5, 5.41) is 3.33. The molecule has 0 unspecified atom stereocenters. The second-order valence-corrected chi connectivity index (χ2v) is 5.26. The van der Waals surface area contributed by atoms with Gasteiger partial charge in [-0.05, 0) is 25.5 Å². The van der Waals surface area contributed by atoms with Gasteiger partial charge in [0.2, 0.25) is 0 Å². The molecule has 0 amide bonds. The molecule has 0 aliphatic rings. The van der Waals surface area contributed by atoms with Crippen molar-refractivity contribution >= 4 is 23.2 Å². The molecule has 3 nitrogen and oxygen atoms in total. The molecule has 5 heteroatoms. The third kappa shape index (κ3) is 7.02. The largest absolute Gasteiger partial charge is 0.491 e. The minimum absolute atomic E-state index is 0.503. The van der Waals surface area contributed by atoms with E-state index in [9.17, 15) is 0 Å². The van der Waals surface area contributed by atoms with E-state index in [4.69, 9.17) is 32.7 Å². The van der Waals surface area contributed by atoms with Gasteiger partial charge in [-0.1, -0.05) is 30.1 Å². The minimum atomic E-state index is 0.503. The summed E-state index contributed by atoms with van der Waals surface area (Å²) in [6.07, 6.45) is 1.18. The van der Waals surface area contributed by atoms with Gasteiger partial charge in [0.25, 0.3) is 0 Å². The smallest absolute Gasteiger partial charge is 0.121 e. The Kier molecular flexibility index (Phi) is 8.22. The van der Waals surface area contributed by atoms with Crippen molar-refractivity contribution < 1.29 is 14.8 Å². The van der Waals surface area contributed by atoms with Gasteiger partial charge in [-0.3, -0.25) is 0 Å². The molecular weight excluding hydrogens is 285 g/mol. The fourth-order valence-electron chi connectivity index (χ4n) is 1.49. The standard InChI is InChI=1S/C14H21Cl2NO2/c1-3-11(2)17-6-7-18-8-9-19-12-4-5-13(15)14(16)10-12/h4-5,10-11,17H,3,6-9H2,1-2H3/p+1/t11-/m0/s1. The molecule has 1 aromatic carbocycles. The molecule has 0 heterocycles. The number of ether oxygens (including phenoxy) is 2. The summed E-state index contributed by atoms with van der Waals surface area (Å²) in [6.45, 7) is 7.23. The predicted octanol–water partition coefficient (Wildman–Crippen LogP) is 2.75. The summed E-state index contributed by atoms with van der Waals surface area (Å²) in [5.41, 5.74) is 0. The van der Waals surface area contributed by atoms with Crippen molar-refractivity contribution in [3.8, 4) is 5.75 Å². The fourth-order valence-corrected chi connectivity index (χ4v) is 1.78. The van der Waals surface area contributed by atoms with Crippen LogP contribution in [0, 0.1) is 0 Å². The molecule has 0 saturated heterocycles. The average Bonchev–Trinajstić information content (AvgIpc) is 2.41. The fraction of sp³-hybridized carbons (Fsp3) is 0.571. The summed E-state index contributed by atoms with van der Waals surface area (Å²) in [7, 11) is 0. The summed E-state index contributed by atoms with van der Waals surface area (Å²) in [4.78, 5) is 0. The molecule has 2 N–H and O–H groups in total. The number of nitrogens with two attached hydrogens (primary N) is 1. The van der Waals surface area contributed by atoms with Gasteiger partial charge in [0.05, 0.1) is 35.8 Å². The van der Waals surface area contributed by atoms with E-state index in [1.165, 1.54) is 6.42 Å². The van der Waals surface area contributed by atoms with Crippen LogP contribution < -0.4 is 10.1 Å². The zero-order valence-corrected chi connectivity index (χ0v) is 13.0. The number of quaternary nitrogens is 1. The minimum Gasteiger partial charge on any atom is -0.491 e. The third-order valence-electron chi connectivity index (χ3n) is 2.86. The van der Waals surface area contributed by atoms with Gasteiger partial charge in [-0.25, -0.2) is 0 Å². The molecule has 0 spiro atoms. The highest BCUT2D eigenvalue weighted by Crippen LogP contribution is 2.26. The lowest BCUT2D eigenvalue weighted by Crippen LogP contribution is -2.90. The highest BCUT2D eigenvalue weighted by atomic mass is 35.5. The SMILES string of the molecule is CC[C@H](C)[NH2+]CCOCCOc1ccc(Cl)c(Cl)c1. The predicted molar refractivity (Wildman–Crippen MR) is 79.3 cm³/mol. The Morgan fingerprint density at radius 3 is 2.63 bits per heavy atom. The van der Waals surface area contributed by atoms with E-state index in [1.807, 2.05) is 0 Å². The Hall–Kier alpha value is -0.480. The van der Waals surface area contributed by atoms with Crippen molar-refractivity contribution in [2.75, 3.05) is 26.4 Å². The van der Waals surface area contributed by atoms with Crippen LogP contribution in [0.5, 0.6) is 5.75 Å². The molecule has 19 heavy (non-hydrogen) atoms. The van der Waals surface area contributed by atoms with Crippen LogP contribution in [0.4, 0.5) is 0 Å². The van der Waals surface area contributed by atoms with Gasteiger partial charge >= 0.3 is 0 Å². The monoisotopic (exact) mass is 306 g/mol. The Balaban J connectivity index is 2.06. The Morgan fingerprint density at radius 2 is 1.95 bits per heavy atom. The van der Waals surface area contributed by atoms with Crippen LogP contribution in [0.1, 0.15) is 20.3 Å². The maximum Gasteiger partial charge on any atom is 0.121 e. The van der Waals surface area contributed by atoms with Crippen LogP contribution >= 0.6 is 23.2 Å². The van der Waals surface area contributed by atoms with E-state index < -0.39 is 0 Å². The van der Waals surface area contributed by atoms with E-state index in [0.29, 0.717) is 35.1 Å². The highest BCUT2D eigenvalue weighted by Gasteiger charge is 2.01. The first-order valence-corrected chi connectivity index (χ1v) is 7.38. The first-order valence-electron chi connectivity index (χ1n) is 6.62. The van der Waals surface area contributed by atoms with Crippen LogP contribution in [0.15, 0.2) is 18.2 Å². The lowest BCUT2D eigenvalue weighted by molar-refractivity contribution is -0.687. The molecule has 0 aliphatic heterocycles. The molecule has 108 valence electrons. The van der Waals surface area contributed by atoms with E-state index in [2.05, 4.69) is 19.2 Å². The number of halogens is 2. The molecule has 0 bridgehead atoms. The molecule has 1 atom stereocenters. The molecule has 0 fully saturated rings. The summed E-state index contributed by atoms with van der Waals surface area (Å²) >= 11 is 11.7. The zero-order valence-electron chi connectivity index (χ0n) is 11.5. The lowest BCUT2D eigenvalue weighted by atomic mass is 10.3. The summed E-state index contributed by atoms with van der Waals surface area (Å²) in [6, 6.07) is 5.89. The van der Waals surface area contributed by atoms with Crippen molar-refractivity contribution in [3.63, 3.8) is 0 Å². The van der Waals surface area contributed by atoms with E-state index in [0.717, 1.165) is 13.2 Å². The molecule has 0 saturated carbocycles. The van der Waals surface area contributed by atoms with Crippen LogP contribution in [0.3, 0.4) is 0 Å². The number of hydrogen-bond donors (Lipinski definition) is 1. The van der Waals surface area contributed by atoms with Crippen LogP contribution in [0.2, 0.25) is 10.0 Å². The average molecular weight is 307 g/mol. The van der Waals surface area contributed by atoms with Gasteiger partial charge in [0.15, 0.2) is 0 Å². The van der Waals surface area contributed by atoms with Gasteiger partial charge in [-0.2, -0.15) is 0 Å². The van der Waals surface area contributed by atoms with Crippen LogP contribution in [0.25, 0.3) is 0 Å². The Morgan fingerprint density at radius 1 is 1.16 bits per heavy atom. The van der Waals surface area contributed by atoms with Gasteiger partial charge < -0.3 is 14.8 Å². The number of hydrogen-bond acceptors (Lipinski definition) is 2. The van der Waals surface area contributed by atoms with Crippen molar-refractivity contribution in [3.05, 3.63) is 28.2 Å². The lowest BCUT2D eigenvalue weighted by Gasteiger charge is -2.09. The quantitative estimate of drug-likeness (QED) is 0.712. The normalized spacial score (nSPS) is 12.4. The van der Waals surface area contributed by atoms with E-state index in [-0.39, 0.29) is 0 Å². The Bertz CT molecular complexity index is 374. The number of benzene rings is 1. The zero-order chi connectivity index (χ0) is 14.1. The Labute approximate surface area is 125 Å². The summed E-state index contributed by atoms with van der Waals surface area (Å²) < 4.78 is 11.0. The molecular formula is C14H22Cl2NO2+. The van der Waals surface area contributed by atoms with Crippen LogP contribution in [-0.4, -0.2) is 32.4 Å². The van der Waals surface area contributed by atoms with Crippen molar-refractivity contribution in [2.45, 2.75) is 26.3 Å². The first kappa shape index (κ1) is 16.6. The van der Waals surface area contributed by atoms with E-state index in [1.54, 1.807) is 18.2 Å². The third-order valence-corrected chi connectivity index (χ3v) is 3.60. The van der Waals surface area contributed by atoms with Crippen LogP contribution in [-0.2, 0) is 4.74 Å². The molecule has 1 rings (SSSR count). The molecule has 0 aliphatic carbocycles. The molecule has 1 aromatic rings. The van der Waals surface area contributed by atoms with Gasteiger partial charge in [-0.15, -0.1) is 0 Å². The highest BCUT2D eigenvalue weighted by molar-refractivity contribution is 6.42. The second-order valence-electron chi connectivity index (χ2n) is 4.45. The topological polar surface area (TPSA) is 35.1 Å².